The molecule has 25 heavy (non-hydrogen) atoms. The van der Waals surface area contributed by atoms with E-state index in [0.29, 0.717) is 22.9 Å². The number of fused-ring (bicyclic) bond motifs is 1. The molecule has 6 nitrogen and oxygen atoms in total. The summed E-state index contributed by atoms with van der Waals surface area (Å²) in [6, 6.07) is 7.20. The van der Waals surface area contributed by atoms with Crippen LogP contribution < -0.4 is 10.9 Å². The molecule has 0 saturated carbocycles. The molecular weight excluding hydrogens is 316 g/mol. The Labute approximate surface area is 146 Å². The Bertz CT molecular complexity index is 971. The molecule has 3 aromatic rings. The van der Waals surface area contributed by atoms with Crippen LogP contribution in [0.3, 0.4) is 0 Å². The van der Waals surface area contributed by atoms with Gasteiger partial charge in [0.05, 0.1) is 5.56 Å². The molecule has 6 heteroatoms. The quantitative estimate of drug-likeness (QED) is 0.775. The first-order valence-electron chi connectivity index (χ1n) is 8.31. The van der Waals surface area contributed by atoms with Crippen LogP contribution in [0.4, 0.5) is 0 Å². The van der Waals surface area contributed by atoms with E-state index in [1.54, 1.807) is 31.6 Å². The minimum atomic E-state index is -0.166. The lowest BCUT2D eigenvalue weighted by molar-refractivity contribution is 0.0948. The number of nitrogens with zero attached hydrogens (tertiary/aromatic N) is 3. The van der Waals surface area contributed by atoms with Crippen molar-refractivity contribution in [3.05, 3.63) is 64.6 Å². The Balaban J connectivity index is 1.76. The molecule has 0 aliphatic rings. The number of nitrogens with one attached hydrogen (secondary N) is 1. The summed E-state index contributed by atoms with van der Waals surface area (Å²) in [7, 11) is 1.66. The molecule has 130 valence electrons. The van der Waals surface area contributed by atoms with E-state index in [-0.39, 0.29) is 17.4 Å². The molecule has 1 unspecified atom stereocenters. The van der Waals surface area contributed by atoms with Gasteiger partial charge in [0.2, 0.25) is 0 Å². The molecule has 1 atom stereocenters. The highest BCUT2D eigenvalue weighted by molar-refractivity contribution is 6.06. The molecule has 0 aliphatic carbocycles. The fourth-order valence-corrected chi connectivity index (χ4v) is 2.96. The van der Waals surface area contributed by atoms with Crippen LogP contribution in [0.25, 0.3) is 10.8 Å². The van der Waals surface area contributed by atoms with Crippen molar-refractivity contribution in [3.63, 3.8) is 0 Å². The van der Waals surface area contributed by atoms with E-state index in [0.717, 1.165) is 12.4 Å². The predicted molar refractivity (Wildman–Crippen MR) is 97.7 cm³/mol. The van der Waals surface area contributed by atoms with Crippen molar-refractivity contribution in [2.45, 2.75) is 20.4 Å². The number of carbonyl (C=O) groups is 1. The van der Waals surface area contributed by atoms with Gasteiger partial charge in [-0.05, 0) is 18.9 Å². The van der Waals surface area contributed by atoms with Crippen LogP contribution in [0.15, 0.2) is 47.7 Å². The van der Waals surface area contributed by atoms with Crippen LogP contribution in [0, 0.1) is 12.8 Å². The first kappa shape index (κ1) is 17.0. The van der Waals surface area contributed by atoms with Crippen LogP contribution in [-0.2, 0) is 13.6 Å². The third kappa shape index (κ3) is 3.47. The Hall–Kier alpha value is -2.89. The molecule has 2 heterocycles. The van der Waals surface area contributed by atoms with Gasteiger partial charge in [-0.3, -0.25) is 9.59 Å². The van der Waals surface area contributed by atoms with Gasteiger partial charge >= 0.3 is 0 Å². The van der Waals surface area contributed by atoms with Crippen molar-refractivity contribution in [2.75, 3.05) is 6.54 Å². The SMILES string of the molecule is Cc1nccn1CC(C)CNC(=O)c1cn(C)c(=O)c2ccccc12. The number of pyridine rings is 1. The monoisotopic (exact) mass is 338 g/mol. The zero-order valence-electron chi connectivity index (χ0n) is 14.7. The van der Waals surface area contributed by atoms with Gasteiger partial charge in [0.1, 0.15) is 5.82 Å². The predicted octanol–water partition coefficient (Wildman–Crippen LogP) is 2.11. The Kier molecular flexibility index (Phi) is 4.70. The molecular formula is C19H22N4O2. The zero-order chi connectivity index (χ0) is 18.0. The lowest BCUT2D eigenvalue weighted by atomic mass is 10.1. The van der Waals surface area contributed by atoms with Crippen LogP contribution in [-0.4, -0.2) is 26.6 Å². The van der Waals surface area contributed by atoms with Crippen LogP contribution in [0.5, 0.6) is 0 Å². The molecule has 0 fully saturated rings. The van der Waals surface area contributed by atoms with Crippen LogP contribution >= 0.6 is 0 Å². The van der Waals surface area contributed by atoms with Crippen LogP contribution in [0.1, 0.15) is 23.1 Å². The maximum absolute atomic E-state index is 12.7. The number of amides is 1. The van der Waals surface area contributed by atoms with Crippen molar-refractivity contribution in [1.29, 1.82) is 0 Å². The highest BCUT2D eigenvalue weighted by Gasteiger charge is 2.14. The van der Waals surface area contributed by atoms with E-state index < -0.39 is 0 Å². The second kappa shape index (κ2) is 6.93. The van der Waals surface area contributed by atoms with Crippen molar-refractivity contribution in [2.24, 2.45) is 13.0 Å². The number of imidazole rings is 1. The molecule has 2 aromatic heterocycles. The summed E-state index contributed by atoms with van der Waals surface area (Å²) in [6.45, 7) is 5.38. The minimum Gasteiger partial charge on any atom is -0.352 e. The largest absolute Gasteiger partial charge is 0.352 e. The number of aromatic nitrogens is 3. The maximum Gasteiger partial charge on any atom is 0.258 e. The van der Waals surface area contributed by atoms with Gasteiger partial charge in [-0.25, -0.2) is 4.98 Å². The van der Waals surface area contributed by atoms with E-state index in [4.69, 9.17) is 0 Å². The molecule has 1 amide bonds. The van der Waals surface area contributed by atoms with E-state index >= 15 is 0 Å². The van der Waals surface area contributed by atoms with E-state index in [1.165, 1.54) is 4.57 Å². The summed E-state index contributed by atoms with van der Waals surface area (Å²) in [4.78, 5) is 29.1. The van der Waals surface area contributed by atoms with E-state index in [2.05, 4.69) is 21.8 Å². The van der Waals surface area contributed by atoms with Gasteiger partial charge in [0.25, 0.3) is 11.5 Å². The minimum absolute atomic E-state index is 0.101. The van der Waals surface area contributed by atoms with Gasteiger partial charge in [-0.15, -0.1) is 0 Å². The summed E-state index contributed by atoms with van der Waals surface area (Å²) in [5.41, 5.74) is 0.416. The second-order valence-electron chi connectivity index (χ2n) is 6.45. The lowest BCUT2D eigenvalue weighted by Crippen LogP contribution is -2.31. The molecule has 0 aliphatic heterocycles. The highest BCUT2D eigenvalue weighted by atomic mass is 16.2. The van der Waals surface area contributed by atoms with Gasteiger partial charge in [-0.1, -0.05) is 25.1 Å². The number of rotatable bonds is 5. The summed E-state index contributed by atoms with van der Waals surface area (Å²) in [5, 5.41) is 4.22. The van der Waals surface area contributed by atoms with Crippen molar-refractivity contribution in [3.8, 4) is 0 Å². The first-order chi connectivity index (χ1) is 12.0. The van der Waals surface area contributed by atoms with Crippen LogP contribution in [0.2, 0.25) is 0 Å². The Morgan fingerprint density at radius 3 is 2.68 bits per heavy atom. The topological polar surface area (TPSA) is 68.9 Å². The highest BCUT2D eigenvalue weighted by Crippen LogP contribution is 2.15. The second-order valence-corrected chi connectivity index (χ2v) is 6.45. The number of benzene rings is 1. The molecule has 0 radical (unpaired) electrons. The molecule has 0 spiro atoms. The van der Waals surface area contributed by atoms with Gasteiger partial charge in [0.15, 0.2) is 0 Å². The molecule has 0 bridgehead atoms. The fourth-order valence-electron chi connectivity index (χ4n) is 2.96. The average molecular weight is 338 g/mol. The molecule has 1 N–H and O–H groups in total. The smallest absolute Gasteiger partial charge is 0.258 e. The summed E-state index contributed by atoms with van der Waals surface area (Å²) < 4.78 is 3.52. The number of hydrogen-bond acceptors (Lipinski definition) is 3. The first-order valence-corrected chi connectivity index (χ1v) is 8.31. The van der Waals surface area contributed by atoms with Gasteiger partial charge in [0, 0.05) is 49.5 Å². The molecule has 0 saturated heterocycles. The summed E-state index contributed by atoms with van der Waals surface area (Å²) >= 11 is 0. The molecule has 1 aromatic carbocycles. The molecule has 3 rings (SSSR count). The van der Waals surface area contributed by atoms with Crippen molar-refractivity contribution >= 4 is 16.7 Å². The number of carbonyl (C=O) groups excluding carboxylic acids is 1. The average Bonchev–Trinajstić information content (AvgIpc) is 3.01. The van der Waals surface area contributed by atoms with Gasteiger partial charge in [-0.2, -0.15) is 0 Å². The van der Waals surface area contributed by atoms with E-state index in [1.807, 2.05) is 25.3 Å². The summed E-state index contributed by atoms with van der Waals surface area (Å²) in [5.74, 6) is 1.05. The summed E-state index contributed by atoms with van der Waals surface area (Å²) in [6.07, 6.45) is 5.32. The lowest BCUT2D eigenvalue weighted by Gasteiger charge is -2.15. The van der Waals surface area contributed by atoms with Gasteiger partial charge < -0.3 is 14.5 Å². The number of hydrogen-bond donors (Lipinski definition) is 1. The number of aryl methyl sites for hydroxylation is 2. The van der Waals surface area contributed by atoms with E-state index in [9.17, 15) is 9.59 Å². The Morgan fingerprint density at radius 2 is 2.00 bits per heavy atom. The van der Waals surface area contributed by atoms with Crippen molar-refractivity contribution in [1.82, 2.24) is 19.4 Å². The Morgan fingerprint density at radius 1 is 1.28 bits per heavy atom. The fraction of sp³-hybridized carbons (Fsp3) is 0.316. The third-order valence-electron chi connectivity index (χ3n) is 4.38. The van der Waals surface area contributed by atoms with Crippen molar-refractivity contribution < 1.29 is 4.79 Å². The third-order valence-corrected chi connectivity index (χ3v) is 4.38. The maximum atomic E-state index is 12.7. The zero-order valence-corrected chi connectivity index (χ0v) is 14.7. The standard InChI is InChI=1S/C19H22N4O2/c1-13(11-23-9-8-20-14(23)2)10-21-18(24)17-12-22(3)19(25)16-7-5-4-6-15(16)17/h4-9,12-13H,10-11H2,1-3H3,(H,21,24). The normalized spacial score (nSPS) is 12.3.